The van der Waals surface area contributed by atoms with Gasteiger partial charge in [0.15, 0.2) is 0 Å². The van der Waals surface area contributed by atoms with Gasteiger partial charge >= 0.3 is 0 Å². The molecule has 3 nitrogen and oxygen atoms in total. The largest absolute Gasteiger partial charge is 0.340 e. The quantitative estimate of drug-likeness (QED) is 0.869. The molecule has 0 fully saturated rings. The molecule has 2 N–H and O–H groups in total. The van der Waals surface area contributed by atoms with Gasteiger partial charge in [-0.3, -0.25) is 0 Å². The van der Waals surface area contributed by atoms with Gasteiger partial charge in [-0.15, -0.1) is 0 Å². The van der Waals surface area contributed by atoms with Crippen molar-refractivity contribution in [3.05, 3.63) is 41.3 Å². The van der Waals surface area contributed by atoms with E-state index in [2.05, 4.69) is 61.2 Å². The molecule has 0 amide bonds. The first-order valence-corrected chi connectivity index (χ1v) is 6.25. The topological polar surface area (TPSA) is 40.7 Å². The number of hydrogen-bond acceptors (Lipinski definition) is 2. The number of aryl methyl sites for hydroxylation is 2. The molecule has 0 aliphatic heterocycles. The molecule has 3 heteroatoms. The number of benzene rings is 1. The first kappa shape index (κ1) is 12.8. The van der Waals surface area contributed by atoms with Crippen molar-refractivity contribution in [2.75, 3.05) is 7.05 Å². The van der Waals surface area contributed by atoms with Crippen molar-refractivity contribution in [3.63, 3.8) is 0 Å². The summed E-state index contributed by atoms with van der Waals surface area (Å²) < 4.78 is 0. The molecule has 96 valence electrons. The summed E-state index contributed by atoms with van der Waals surface area (Å²) in [6.45, 7) is 8.45. The number of rotatable bonds is 3. The van der Waals surface area contributed by atoms with Crippen LogP contribution in [0.3, 0.4) is 0 Å². The zero-order chi connectivity index (χ0) is 13.3. The Balaban J connectivity index is 2.41. The van der Waals surface area contributed by atoms with Crippen LogP contribution in [0, 0.1) is 13.8 Å². The monoisotopic (exact) mass is 243 g/mol. The van der Waals surface area contributed by atoms with Gasteiger partial charge in [0.1, 0.15) is 5.82 Å². The van der Waals surface area contributed by atoms with E-state index < -0.39 is 0 Å². The second-order valence-electron chi connectivity index (χ2n) is 5.40. The SMILES string of the molecule is CNC(C)(C)c1ncc(-c2cc(C)cc(C)c2)[nH]1. The molecule has 0 saturated carbocycles. The van der Waals surface area contributed by atoms with Gasteiger partial charge in [0, 0.05) is 5.56 Å². The highest BCUT2D eigenvalue weighted by atomic mass is 15.0. The first-order valence-electron chi connectivity index (χ1n) is 6.25. The number of H-pyrrole nitrogens is 1. The highest BCUT2D eigenvalue weighted by Gasteiger charge is 2.21. The predicted molar refractivity (Wildman–Crippen MR) is 75.6 cm³/mol. The summed E-state index contributed by atoms with van der Waals surface area (Å²) in [5.74, 6) is 0.958. The second kappa shape index (κ2) is 4.58. The average Bonchev–Trinajstić information content (AvgIpc) is 2.77. The highest BCUT2D eigenvalue weighted by molar-refractivity contribution is 5.60. The van der Waals surface area contributed by atoms with E-state index in [-0.39, 0.29) is 5.54 Å². The fourth-order valence-electron chi connectivity index (χ4n) is 2.03. The average molecular weight is 243 g/mol. The minimum Gasteiger partial charge on any atom is -0.340 e. The lowest BCUT2D eigenvalue weighted by atomic mass is 10.0. The van der Waals surface area contributed by atoms with Crippen molar-refractivity contribution in [2.24, 2.45) is 0 Å². The number of imidazole rings is 1. The van der Waals surface area contributed by atoms with Crippen molar-refractivity contribution in [1.82, 2.24) is 15.3 Å². The molecule has 1 aromatic carbocycles. The molecule has 0 unspecified atom stereocenters. The maximum atomic E-state index is 4.48. The summed E-state index contributed by atoms with van der Waals surface area (Å²) in [5, 5.41) is 3.25. The zero-order valence-electron chi connectivity index (χ0n) is 11.8. The van der Waals surface area contributed by atoms with Gasteiger partial charge in [0.2, 0.25) is 0 Å². The van der Waals surface area contributed by atoms with Gasteiger partial charge in [-0.05, 0) is 46.9 Å². The molecule has 0 saturated heterocycles. The normalized spacial score (nSPS) is 11.8. The van der Waals surface area contributed by atoms with Gasteiger partial charge in [-0.2, -0.15) is 0 Å². The lowest BCUT2D eigenvalue weighted by Crippen LogP contribution is -2.34. The third-order valence-electron chi connectivity index (χ3n) is 3.33. The van der Waals surface area contributed by atoms with Crippen LogP contribution in [0.4, 0.5) is 0 Å². The summed E-state index contributed by atoms with van der Waals surface area (Å²) in [7, 11) is 1.94. The molecule has 0 aliphatic carbocycles. The van der Waals surface area contributed by atoms with Crippen molar-refractivity contribution in [1.29, 1.82) is 0 Å². The summed E-state index contributed by atoms with van der Waals surface area (Å²) in [6.07, 6.45) is 1.91. The molecule has 0 atom stereocenters. The Morgan fingerprint density at radius 1 is 1.11 bits per heavy atom. The lowest BCUT2D eigenvalue weighted by Gasteiger charge is -2.20. The van der Waals surface area contributed by atoms with E-state index in [0.29, 0.717) is 0 Å². The van der Waals surface area contributed by atoms with Crippen molar-refractivity contribution < 1.29 is 0 Å². The summed E-state index contributed by atoms with van der Waals surface area (Å²) in [4.78, 5) is 7.88. The Kier molecular flexibility index (Phi) is 3.26. The standard InChI is InChI=1S/C15H21N3/c1-10-6-11(2)8-12(7-10)13-9-17-14(18-13)15(3,4)16-5/h6-9,16H,1-5H3,(H,17,18). The molecule has 0 bridgehead atoms. The van der Waals surface area contributed by atoms with Crippen LogP contribution in [-0.4, -0.2) is 17.0 Å². The minimum absolute atomic E-state index is 0.142. The van der Waals surface area contributed by atoms with Crippen LogP contribution in [-0.2, 0) is 5.54 Å². The molecule has 2 aromatic rings. The fraction of sp³-hybridized carbons (Fsp3) is 0.400. The van der Waals surface area contributed by atoms with Gasteiger partial charge < -0.3 is 10.3 Å². The minimum atomic E-state index is -0.142. The molecule has 18 heavy (non-hydrogen) atoms. The Hall–Kier alpha value is -1.61. The number of nitrogens with zero attached hydrogens (tertiary/aromatic N) is 1. The highest BCUT2D eigenvalue weighted by Crippen LogP contribution is 2.23. The lowest BCUT2D eigenvalue weighted by molar-refractivity contribution is 0.421. The van der Waals surface area contributed by atoms with Crippen molar-refractivity contribution in [3.8, 4) is 11.3 Å². The van der Waals surface area contributed by atoms with Gasteiger partial charge in [0.05, 0.1) is 17.4 Å². The van der Waals surface area contributed by atoms with E-state index in [1.807, 2.05) is 13.2 Å². The van der Waals surface area contributed by atoms with Crippen LogP contribution in [0.25, 0.3) is 11.3 Å². The molecule has 2 rings (SSSR count). The maximum Gasteiger partial charge on any atom is 0.126 e. The molecule has 0 aliphatic rings. The maximum absolute atomic E-state index is 4.48. The van der Waals surface area contributed by atoms with Crippen molar-refractivity contribution in [2.45, 2.75) is 33.2 Å². The zero-order valence-corrected chi connectivity index (χ0v) is 11.8. The fourth-order valence-corrected chi connectivity index (χ4v) is 2.03. The van der Waals surface area contributed by atoms with Crippen LogP contribution >= 0.6 is 0 Å². The van der Waals surface area contributed by atoms with E-state index >= 15 is 0 Å². The molecule has 1 aromatic heterocycles. The number of hydrogen-bond donors (Lipinski definition) is 2. The second-order valence-corrected chi connectivity index (χ2v) is 5.40. The van der Waals surface area contributed by atoms with Crippen LogP contribution in [0.5, 0.6) is 0 Å². The van der Waals surface area contributed by atoms with E-state index in [1.54, 1.807) is 0 Å². The number of aromatic nitrogens is 2. The van der Waals surface area contributed by atoms with Crippen LogP contribution < -0.4 is 5.32 Å². The molecule has 0 spiro atoms. The Morgan fingerprint density at radius 3 is 2.28 bits per heavy atom. The molecule has 0 radical (unpaired) electrons. The molecular formula is C15H21N3. The smallest absolute Gasteiger partial charge is 0.126 e. The van der Waals surface area contributed by atoms with Crippen molar-refractivity contribution >= 4 is 0 Å². The Bertz CT molecular complexity index is 532. The van der Waals surface area contributed by atoms with Gasteiger partial charge in [0.25, 0.3) is 0 Å². The van der Waals surface area contributed by atoms with Gasteiger partial charge in [-0.25, -0.2) is 4.98 Å². The Morgan fingerprint density at radius 2 is 1.72 bits per heavy atom. The van der Waals surface area contributed by atoms with E-state index in [9.17, 15) is 0 Å². The van der Waals surface area contributed by atoms with E-state index in [4.69, 9.17) is 0 Å². The third kappa shape index (κ3) is 2.46. The third-order valence-corrected chi connectivity index (χ3v) is 3.33. The summed E-state index contributed by atoms with van der Waals surface area (Å²) >= 11 is 0. The summed E-state index contributed by atoms with van der Waals surface area (Å²) in [5.41, 5.74) is 4.67. The van der Waals surface area contributed by atoms with E-state index in [0.717, 1.165) is 11.5 Å². The molecular weight excluding hydrogens is 222 g/mol. The molecule has 1 heterocycles. The number of aromatic amines is 1. The first-order chi connectivity index (χ1) is 8.42. The number of nitrogens with one attached hydrogen (secondary N) is 2. The van der Waals surface area contributed by atoms with Crippen LogP contribution in [0.1, 0.15) is 30.8 Å². The van der Waals surface area contributed by atoms with Gasteiger partial charge in [-0.1, -0.05) is 17.2 Å². The van der Waals surface area contributed by atoms with Crippen LogP contribution in [0.2, 0.25) is 0 Å². The Labute approximate surface area is 109 Å². The summed E-state index contributed by atoms with van der Waals surface area (Å²) in [6, 6.07) is 6.53. The van der Waals surface area contributed by atoms with E-state index in [1.165, 1.54) is 16.7 Å². The predicted octanol–water partition coefficient (Wildman–Crippen LogP) is 3.15. The van der Waals surface area contributed by atoms with Crippen LogP contribution in [0.15, 0.2) is 24.4 Å².